The average molecular weight is 372 g/mol. The highest BCUT2D eigenvalue weighted by Crippen LogP contribution is 2.26. The molecule has 6 heteroatoms. The minimum Gasteiger partial charge on any atom is -0.480 e. The fourth-order valence-corrected chi connectivity index (χ4v) is 3.86. The quantitative estimate of drug-likeness (QED) is 0.824. The van der Waals surface area contributed by atoms with E-state index in [9.17, 15) is 14.7 Å². The van der Waals surface area contributed by atoms with Crippen molar-refractivity contribution >= 4 is 39.6 Å². The molecule has 0 spiro atoms. The van der Waals surface area contributed by atoms with Crippen molar-refractivity contribution in [1.82, 2.24) is 4.90 Å². The van der Waals surface area contributed by atoms with E-state index in [1.807, 2.05) is 25.1 Å². The highest BCUT2D eigenvalue weighted by Gasteiger charge is 2.31. The van der Waals surface area contributed by atoms with E-state index in [0.29, 0.717) is 13.0 Å². The van der Waals surface area contributed by atoms with Gasteiger partial charge in [-0.15, -0.1) is 11.8 Å². The zero-order chi connectivity index (χ0) is 15.4. The Morgan fingerprint density at radius 2 is 2.19 bits per heavy atom. The summed E-state index contributed by atoms with van der Waals surface area (Å²) in [7, 11) is 0. The van der Waals surface area contributed by atoms with Crippen LogP contribution in [0.5, 0.6) is 0 Å². The Labute approximate surface area is 137 Å². The lowest BCUT2D eigenvalue weighted by molar-refractivity contribution is -0.150. The Bertz CT molecular complexity index is 550. The normalized spacial score (nSPS) is 18.6. The zero-order valence-electron chi connectivity index (χ0n) is 11.8. The molecule has 114 valence electrons. The van der Waals surface area contributed by atoms with Gasteiger partial charge in [-0.2, -0.15) is 0 Å². The standard InChI is InChI=1S/C15H18BrNO3S/c1-10-8-11(16)5-6-13(10)21-9-14(18)17-7-3-2-4-12(17)15(19)20/h5-6,8,12H,2-4,7,9H2,1H3,(H,19,20)/t12-/m1/s1. The lowest BCUT2D eigenvalue weighted by Gasteiger charge is -2.32. The van der Waals surface area contributed by atoms with Crippen molar-refractivity contribution in [2.45, 2.75) is 37.1 Å². The Morgan fingerprint density at radius 3 is 2.86 bits per heavy atom. The van der Waals surface area contributed by atoms with Gasteiger partial charge in [-0.05, 0) is 49.9 Å². The molecule has 0 saturated carbocycles. The third kappa shape index (κ3) is 4.23. The lowest BCUT2D eigenvalue weighted by Crippen LogP contribution is -2.48. The molecule has 1 fully saturated rings. The van der Waals surface area contributed by atoms with Crippen molar-refractivity contribution in [3.8, 4) is 0 Å². The largest absolute Gasteiger partial charge is 0.480 e. The van der Waals surface area contributed by atoms with Crippen LogP contribution >= 0.6 is 27.7 Å². The molecule has 0 aromatic heterocycles. The fraction of sp³-hybridized carbons (Fsp3) is 0.467. The molecule has 1 aliphatic heterocycles. The number of aliphatic carboxylic acids is 1. The predicted molar refractivity (Wildman–Crippen MR) is 86.6 cm³/mol. The minimum absolute atomic E-state index is 0.0885. The Kier molecular flexibility index (Phi) is 5.70. The third-order valence-electron chi connectivity index (χ3n) is 3.60. The van der Waals surface area contributed by atoms with Crippen molar-refractivity contribution in [2.75, 3.05) is 12.3 Å². The smallest absolute Gasteiger partial charge is 0.326 e. The second kappa shape index (κ2) is 7.31. The first-order chi connectivity index (χ1) is 9.99. The second-order valence-electron chi connectivity index (χ2n) is 5.14. The maximum atomic E-state index is 12.3. The highest BCUT2D eigenvalue weighted by atomic mass is 79.9. The van der Waals surface area contributed by atoms with E-state index in [-0.39, 0.29) is 11.7 Å². The monoisotopic (exact) mass is 371 g/mol. The molecule has 1 aliphatic rings. The number of piperidine rings is 1. The Hall–Kier alpha value is -1.01. The molecule has 1 saturated heterocycles. The number of likely N-dealkylation sites (tertiary alicyclic amines) is 1. The molecule has 4 nitrogen and oxygen atoms in total. The molecule has 1 heterocycles. The van der Waals surface area contributed by atoms with Crippen molar-refractivity contribution in [2.24, 2.45) is 0 Å². The summed E-state index contributed by atoms with van der Waals surface area (Å²) in [6.07, 6.45) is 2.32. The van der Waals surface area contributed by atoms with E-state index in [0.717, 1.165) is 27.8 Å². The number of aryl methyl sites for hydroxylation is 1. The van der Waals surface area contributed by atoms with Gasteiger partial charge in [-0.3, -0.25) is 4.79 Å². The number of rotatable bonds is 4. The molecule has 0 aliphatic carbocycles. The molecule has 0 unspecified atom stereocenters. The molecule has 1 amide bonds. The van der Waals surface area contributed by atoms with Gasteiger partial charge in [0.15, 0.2) is 0 Å². The van der Waals surface area contributed by atoms with Gasteiger partial charge in [-0.1, -0.05) is 15.9 Å². The van der Waals surface area contributed by atoms with Crippen molar-refractivity contribution in [3.05, 3.63) is 28.2 Å². The fourth-order valence-electron chi connectivity index (χ4n) is 2.48. The first-order valence-electron chi connectivity index (χ1n) is 6.90. The number of carboxylic acid groups (broad SMARTS) is 1. The molecule has 21 heavy (non-hydrogen) atoms. The molecule has 1 N–H and O–H groups in total. The number of carbonyl (C=O) groups is 2. The van der Waals surface area contributed by atoms with Crippen LogP contribution in [0.1, 0.15) is 24.8 Å². The number of hydrogen-bond donors (Lipinski definition) is 1. The number of nitrogens with zero attached hydrogens (tertiary/aromatic N) is 1. The first-order valence-corrected chi connectivity index (χ1v) is 8.68. The topological polar surface area (TPSA) is 57.6 Å². The van der Waals surface area contributed by atoms with Gasteiger partial charge in [0.25, 0.3) is 0 Å². The van der Waals surface area contributed by atoms with Gasteiger partial charge in [-0.25, -0.2) is 4.79 Å². The summed E-state index contributed by atoms with van der Waals surface area (Å²) < 4.78 is 1.01. The second-order valence-corrected chi connectivity index (χ2v) is 7.07. The summed E-state index contributed by atoms with van der Waals surface area (Å²) in [5.41, 5.74) is 1.11. The van der Waals surface area contributed by atoms with Gasteiger partial charge in [0.2, 0.25) is 5.91 Å². The lowest BCUT2D eigenvalue weighted by atomic mass is 10.0. The molecular formula is C15H18BrNO3S. The van der Waals surface area contributed by atoms with Crippen LogP contribution in [0.4, 0.5) is 0 Å². The number of hydrogen-bond acceptors (Lipinski definition) is 3. The number of carboxylic acids is 1. The summed E-state index contributed by atoms with van der Waals surface area (Å²) >= 11 is 4.88. The number of carbonyl (C=O) groups excluding carboxylic acids is 1. The van der Waals surface area contributed by atoms with E-state index in [1.165, 1.54) is 16.7 Å². The van der Waals surface area contributed by atoms with E-state index in [1.54, 1.807) is 0 Å². The summed E-state index contributed by atoms with van der Waals surface area (Å²) in [4.78, 5) is 26.1. The van der Waals surface area contributed by atoms with Gasteiger partial charge < -0.3 is 10.0 Å². The number of thioether (sulfide) groups is 1. The van der Waals surface area contributed by atoms with Crippen LogP contribution in [-0.2, 0) is 9.59 Å². The van der Waals surface area contributed by atoms with Crippen molar-refractivity contribution in [1.29, 1.82) is 0 Å². The number of amides is 1. The minimum atomic E-state index is -0.895. The summed E-state index contributed by atoms with van der Waals surface area (Å²) in [6, 6.07) is 5.27. The van der Waals surface area contributed by atoms with Gasteiger partial charge in [0, 0.05) is 15.9 Å². The van der Waals surface area contributed by atoms with Crippen LogP contribution in [0.2, 0.25) is 0 Å². The summed E-state index contributed by atoms with van der Waals surface area (Å²) in [5.74, 6) is -0.700. The molecule has 1 atom stereocenters. The molecule has 2 rings (SSSR count). The summed E-state index contributed by atoms with van der Waals surface area (Å²) in [5, 5.41) is 9.21. The predicted octanol–water partition coefficient (Wildman–Crippen LogP) is 3.32. The average Bonchev–Trinajstić information content (AvgIpc) is 2.46. The van der Waals surface area contributed by atoms with E-state index in [2.05, 4.69) is 15.9 Å². The maximum Gasteiger partial charge on any atom is 0.326 e. The SMILES string of the molecule is Cc1cc(Br)ccc1SCC(=O)N1CCCC[C@@H]1C(=O)O. The van der Waals surface area contributed by atoms with Crippen molar-refractivity contribution in [3.63, 3.8) is 0 Å². The van der Waals surface area contributed by atoms with Crippen LogP contribution in [0.25, 0.3) is 0 Å². The van der Waals surface area contributed by atoms with Crippen molar-refractivity contribution < 1.29 is 14.7 Å². The van der Waals surface area contributed by atoms with Gasteiger partial charge in [0.05, 0.1) is 5.75 Å². The van der Waals surface area contributed by atoms with Gasteiger partial charge >= 0.3 is 5.97 Å². The Balaban J connectivity index is 1.98. The molecule has 0 radical (unpaired) electrons. The van der Waals surface area contributed by atoms with E-state index < -0.39 is 12.0 Å². The van der Waals surface area contributed by atoms with Crippen LogP contribution in [0.15, 0.2) is 27.6 Å². The highest BCUT2D eigenvalue weighted by molar-refractivity contribution is 9.10. The summed E-state index contributed by atoms with van der Waals surface area (Å²) in [6.45, 7) is 2.55. The molecule has 0 bridgehead atoms. The van der Waals surface area contributed by atoms with Crippen LogP contribution in [0, 0.1) is 6.92 Å². The molecule has 1 aromatic carbocycles. The van der Waals surface area contributed by atoms with Crippen LogP contribution < -0.4 is 0 Å². The van der Waals surface area contributed by atoms with E-state index >= 15 is 0 Å². The maximum absolute atomic E-state index is 12.3. The van der Waals surface area contributed by atoms with Gasteiger partial charge in [0.1, 0.15) is 6.04 Å². The van der Waals surface area contributed by atoms with Crippen LogP contribution in [0.3, 0.4) is 0 Å². The Morgan fingerprint density at radius 1 is 1.43 bits per heavy atom. The number of halogens is 1. The molecule has 1 aromatic rings. The van der Waals surface area contributed by atoms with E-state index in [4.69, 9.17) is 0 Å². The molecular weight excluding hydrogens is 354 g/mol. The van der Waals surface area contributed by atoms with Crippen LogP contribution in [-0.4, -0.2) is 40.2 Å². The zero-order valence-corrected chi connectivity index (χ0v) is 14.2. The first kappa shape index (κ1) is 16.4. The number of benzene rings is 1. The third-order valence-corrected chi connectivity index (χ3v) is 5.25.